The molecule has 0 saturated heterocycles. The number of nitrogens with one attached hydrogen (secondary N) is 1. The number of halogens is 3. The van der Waals surface area contributed by atoms with Crippen molar-refractivity contribution in [2.75, 3.05) is 17.6 Å². The number of nitrogens with two attached hydrogens (primary N) is 1. The van der Waals surface area contributed by atoms with Crippen LogP contribution in [0.1, 0.15) is 51.0 Å². The molecule has 0 spiro atoms. The topological polar surface area (TPSA) is 38.0 Å². The Balaban J connectivity index is 2.34. The van der Waals surface area contributed by atoms with Crippen LogP contribution in [0, 0.1) is 0 Å². The van der Waals surface area contributed by atoms with Gasteiger partial charge in [0.05, 0.1) is 16.9 Å². The summed E-state index contributed by atoms with van der Waals surface area (Å²) in [6.45, 7) is 2.91. The van der Waals surface area contributed by atoms with Gasteiger partial charge in [0.2, 0.25) is 0 Å². The fraction of sp³-hybridized carbons (Fsp3) is 0.600. The van der Waals surface area contributed by atoms with E-state index < -0.39 is 11.7 Å². The van der Waals surface area contributed by atoms with Crippen LogP contribution in [0.25, 0.3) is 0 Å². The Labute approximate surface area is 118 Å². The first kappa shape index (κ1) is 16.7. The molecule has 2 nitrogen and oxygen atoms in total. The van der Waals surface area contributed by atoms with Crippen molar-refractivity contribution in [3.8, 4) is 0 Å². The molecule has 0 aromatic heterocycles. The molecule has 0 aliphatic rings. The van der Waals surface area contributed by atoms with Crippen LogP contribution in [0.4, 0.5) is 24.5 Å². The van der Waals surface area contributed by atoms with Gasteiger partial charge in [-0.3, -0.25) is 0 Å². The molecule has 0 heterocycles. The largest absolute Gasteiger partial charge is 0.416 e. The van der Waals surface area contributed by atoms with Crippen molar-refractivity contribution in [1.29, 1.82) is 0 Å². The molecule has 0 aliphatic heterocycles. The van der Waals surface area contributed by atoms with E-state index in [2.05, 4.69) is 12.2 Å². The Morgan fingerprint density at radius 1 is 1.05 bits per heavy atom. The molecule has 0 atom stereocenters. The Morgan fingerprint density at radius 3 is 2.30 bits per heavy atom. The summed E-state index contributed by atoms with van der Waals surface area (Å²) in [5.41, 5.74) is 5.65. The summed E-state index contributed by atoms with van der Waals surface area (Å²) in [4.78, 5) is 0. The normalized spacial score (nSPS) is 11.6. The lowest BCUT2D eigenvalue weighted by atomic mass is 10.1. The predicted molar refractivity (Wildman–Crippen MR) is 77.7 cm³/mol. The van der Waals surface area contributed by atoms with E-state index in [0.717, 1.165) is 31.5 Å². The van der Waals surface area contributed by atoms with Crippen molar-refractivity contribution < 1.29 is 13.2 Å². The smallest absolute Gasteiger partial charge is 0.397 e. The summed E-state index contributed by atoms with van der Waals surface area (Å²) in [5.74, 6) is 0. The zero-order valence-electron chi connectivity index (χ0n) is 11.9. The van der Waals surface area contributed by atoms with Gasteiger partial charge in [0.15, 0.2) is 0 Å². The van der Waals surface area contributed by atoms with E-state index in [1.807, 2.05) is 0 Å². The Morgan fingerprint density at radius 2 is 1.70 bits per heavy atom. The minimum atomic E-state index is -4.34. The van der Waals surface area contributed by atoms with E-state index in [0.29, 0.717) is 5.69 Å². The molecule has 5 heteroatoms. The standard InChI is InChI=1S/C15H23F3N2/c1-2-3-4-5-6-7-10-20-14-9-8-12(11-13(14)19)15(16,17)18/h8-9,11,20H,2-7,10,19H2,1H3. The Hall–Kier alpha value is -1.39. The molecule has 0 saturated carbocycles. The van der Waals surface area contributed by atoms with Crippen LogP contribution in [-0.4, -0.2) is 6.54 Å². The fourth-order valence-corrected chi connectivity index (χ4v) is 2.03. The van der Waals surface area contributed by atoms with Crippen LogP contribution in [0.5, 0.6) is 0 Å². The molecular formula is C15H23F3N2. The van der Waals surface area contributed by atoms with Crippen LogP contribution in [-0.2, 0) is 6.18 Å². The third-order valence-electron chi connectivity index (χ3n) is 3.22. The van der Waals surface area contributed by atoms with Crippen LogP contribution in [0.15, 0.2) is 18.2 Å². The Bertz CT molecular complexity index is 403. The van der Waals surface area contributed by atoms with Gasteiger partial charge in [0, 0.05) is 6.54 Å². The van der Waals surface area contributed by atoms with E-state index >= 15 is 0 Å². The zero-order chi connectivity index (χ0) is 15.0. The monoisotopic (exact) mass is 288 g/mol. The SMILES string of the molecule is CCCCCCCCNc1ccc(C(F)(F)F)cc1N. The van der Waals surface area contributed by atoms with Gasteiger partial charge in [-0.15, -0.1) is 0 Å². The van der Waals surface area contributed by atoms with Crippen molar-refractivity contribution in [3.05, 3.63) is 23.8 Å². The molecule has 0 bridgehead atoms. The summed E-state index contributed by atoms with van der Waals surface area (Å²) in [6.07, 6.45) is 2.74. The summed E-state index contributed by atoms with van der Waals surface area (Å²) < 4.78 is 37.4. The first-order valence-electron chi connectivity index (χ1n) is 7.15. The van der Waals surface area contributed by atoms with Gasteiger partial charge in [-0.25, -0.2) is 0 Å². The quantitative estimate of drug-likeness (QED) is 0.518. The average Bonchev–Trinajstić information content (AvgIpc) is 2.38. The van der Waals surface area contributed by atoms with Crippen LogP contribution in [0.2, 0.25) is 0 Å². The Kier molecular flexibility index (Phi) is 6.68. The minimum Gasteiger partial charge on any atom is -0.397 e. The van der Waals surface area contributed by atoms with Crippen LogP contribution in [0.3, 0.4) is 0 Å². The van der Waals surface area contributed by atoms with Crippen molar-refractivity contribution >= 4 is 11.4 Å². The summed E-state index contributed by atoms with van der Waals surface area (Å²) in [6, 6.07) is 3.43. The second-order valence-electron chi connectivity index (χ2n) is 4.99. The fourth-order valence-electron chi connectivity index (χ4n) is 2.03. The molecule has 0 unspecified atom stereocenters. The van der Waals surface area contributed by atoms with Crippen molar-refractivity contribution in [1.82, 2.24) is 0 Å². The molecule has 0 aliphatic carbocycles. The molecule has 0 amide bonds. The van der Waals surface area contributed by atoms with Gasteiger partial charge in [-0.1, -0.05) is 39.0 Å². The lowest BCUT2D eigenvalue weighted by Crippen LogP contribution is -2.08. The summed E-state index contributed by atoms with van der Waals surface area (Å²) in [5, 5.41) is 3.09. The molecule has 1 aromatic rings. The molecular weight excluding hydrogens is 265 g/mol. The van der Waals surface area contributed by atoms with Gasteiger partial charge in [-0.05, 0) is 24.6 Å². The molecule has 3 N–H and O–H groups in total. The van der Waals surface area contributed by atoms with E-state index in [1.54, 1.807) is 0 Å². The molecule has 1 aromatic carbocycles. The number of hydrogen-bond donors (Lipinski definition) is 2. The highest BCUT2D eigenvalue weighted by molar-refractivity contribution is 5.67. The summed E-state index contributed by atoms with van der Waals surface area (Å²) >= 11 is 0. The van der Waals surface area contributed by atoms with Gasteiger partial charge in [-0.2, -0.15) is 13.2 Å². The maximum Gasteiger partial charge on any atom is 0.416 e. The van der Waals surface area contributed by atoms with E-state index in [9.17, 15) is 13.2 Å². The number of anilines is 2. The minimum absolute atomic E-state index is 0.144. The maximum absolute atomic E-state index is 12.5. The maximum atomic E-state index is 12.5. The van der Waals surface area contributed by atoms with E-state index in [4.69, 9.17) is 5.73 Å². The van der Waals surface area contributed by atoms with Crippen molar-refractivity contribution in [2.24, 2.45) is 0 Å². The molecule has 0 fully saturated rings. The highest BCUT2D eigenvalue weighted by Gasteiger charge is 2.30. The average molecular weight is 288 g/mol. The van der Waals surface area contributed by atoms with Crippen LogP contribution < -0.4 is 11.1 Å². The first-order valence-corrected chi connectivity index (χ1v) is 7.15. The predicted octanol–water partition coefficient (Wildman–Crippen LogP) is 5.06. The molecule has 114 valence electrons. The number of nitrogen functional groups attached to an aromatic ring is 1. The molecule has 0 radical (unpaired) electrons. The van der Waals surface area contributed by atoms with Gasteiger partial charge in [0.25, 0.3) is 0 Å². The number of rotatable bonds is 8. The van der Waals surface area contributed by atoms with E-state index in [1.165, 1.54) is 31.7 Å². The number of benzene rings is 1. The number of alkyl halides is 3. The lowest BCUT2D eigenvalue weighted by molar-refractivity contribution is -0.137. The van der Waals surface area contributed by atoms with Gasteiger partial charge >= 0.3 is 6.18 Å². The third-order valence-corrected chi connectivity index (χ3v) is 3.22. The van der Waals surface area contributed by atoms with Gasteiger partial charge in [0.1, 0.15) is 0 Å². The zero-order valence-corrected chi connectivity index (χ0v) is 11.9. The van der Waals surface area contributed by atoms with Crippen molar-refractivity contribution in [3.63, 3.8) is 0 Å². The second-order valence-corrected chi connectivity index (χ2v) is 4.99. The number of hydrogen-bond acceptors (Lipinski definition) is 2. The second kappa shape index (κ2) is 8.02. The van der Waals surface area contributed by atoms with E-state index in [-0.39, 0.29) is 5.69 Å². The van der Waals surface area contributed by atoms with Crippen molar-refractivity contribution in [2.45, 2.75) is 51.6 Å². The lowest BCUT2D eigenvalue weighted by Gasteiger charge is -2.12. The first-order chi connectivity index (χ1) is 9.45. The molecule has 1 rings (SSSR count). The van der Waals surface area contributed by atoms with Gasteiger partial charge < -0.3 is 11.1 Å². The highest BCUT2D eigenvalue weighted by Crippen LogP contribution is 2.32. The molecule has 20 heavy (non-hydrogen) atoms. The number of unbranched alkanes of at least 4 members (excludes halogenated alkanes) is 5. The summed E-state index contributed by atoms with van der Waals surface area (Å²) in [7, 11) is 0. The van der Waals surface area contributed by atoms with Crippen LogP contribution >= 0.6 is 0 Å². The highest BCUT2D eigenvalue weighted by atomic mass is 19.4. The third kappa shape index (κ3) is 5.72.